The molecule has 1 atom stereocenters. The van der Waals surface area contributed by atoms with Crippen molar-refractivity contribution in [3.63, 3.8) is 0 Å². The maximum absolute atomic E-state index is 12.4. The Kier molecular flexibility index (Phi) is 5.81. The van der Waals surface area contributed by atoms with E-state index in [2.05, 4.69) is 26.6 Å². The van der Waals surface area contributed by atoms with E-state index in [1.165, 1.54) is 0 Å². The second-order valence-electron chi connectivity index (χ2n) is 5.15. The Morgan fingerprint density at radius 2 is 1.91 bits per heavy atom. The van der Waals surface area contributed by atoms with Crippen LogP contribution in [-0.4, -0.2) is 34.3 Å². The molecular weight excluding hydrogens is 362 g/mol. The quantitative estimate of drug-likeness (QED) is 0.720. The highest BCUT2D eigenvalue weighted by atomic mass is 79.9. The van der Waals surface area contributed by atoms with Gasteiger partial charge in [0, 0.05) is 13.6 Å². The van der Waals surface area contributed by atoms with Crippen molar-refractivity contribution in [2.24, 2.45) is 7.05 Å². The molecule has 6 nitrogen and oxygen atoms in total. The molecule has 0 aliphatic carbocycles. The summed E-state index contributed by atoms with van der Waals surface area (Å²) in [5.74, 6) is -0.244. The van der Waals surface area contributed by atoms with E-state index < -0.39 is 6.09 Å². The average molecular weight is 380 g/mol. The van der Waals surface area contributed by atoms with Gasteiger partial charge < -0.3 is 20.3 Å². The number of halogens is 1. The number of nitrogens with zero attached hydrogens (tertiary/aromatic N) is 1. The first-order chi connectivity index (χ1) is 11.0. The van der Waals surface area contributed by atoms with Crippen LogP contribution in [0.5, 0.6) is 0 Å². The van der Waals surface area contributed by atoms with Gasteiger partial charge in [0.25, 0.3) is 5.91 Å². The first-order valence-corrected chi connectivity index (χ1v) is 7.89. The minimum Gasteiger partial charge on any atom is -0.465 e. The van der Waals surface area contributed by atoms with E-state index in [9.17, 15) is 9.59 Å². The number of hydrogen-bond acceptors (Lipinski definition) is 2. The summed E-state index contributed by atoms with van der Waals surface area (Å²) in [5.41, 5.74) is 1.53. The molecule has 2 rings (SSSR count). The van der Waals surface area contributed by atoms with Gasteiger partial charge in [0.05, 0.1) is 10.6 Å². The molecule has 0 spiro atoms. The number of carbonyl (C=O) groups is 2. The van der Waals surface area contributed by atoms with Crippen molar-refractivity contribution in [1.29, 1.82) is 0 Å². The average Bonchev–Trinajstić information content (AvgIpc) is 2.85. The maximum atomic E-state index is 12.4. The summed E-state index contributed by atoms with van der Waals surface area (Å²) >= 11 is 3.35. The molecule has 1 aromatic carbocycles. The molecule has 1 unspecified atom stereocenters. The van der Waals surface area contributed by atoms with Gasteiger partial charge in [0.1, 0.15) is 5.69 Å². The third-order valence-corrected chi connectivity index (χ3v) is 4.25. The molecule has 1 aromatic heterocycles. The Bertz CT molecular complexity index is 685. The minimum absolute atomic E-state index is 0.140. The Balaban J connectivity index is 2.08. The molecule has 122 valence electrons. The van der Waals surface area contributed by atoms with E-state index in [-0.39, 0.29) is 18.5 Å². The lowest BCUT2D eigenvalue weighted by Gasteiger charge is -2.19. The highest BCUT2D eigenvalue weighted by molar-refractivity contribution is 9.10. The Hall–Kier alpha value is -2.28. The molecule has 7 heteroatoms. The van der Waals surface area contributed by atoms with Gasteiger partial charge in [-0.1, -0.05) is 30.3 Å². The maximum Gasteiger partial charge on any atom is 0.404 e. The standard InChI is InChI=1S/C16H18BrN3O3/c1-20-13(7-8-14(20)17)15(21)19-12(10-18-16(22)23)9-11-5-3-2-4-6-11/h2-8,12,18H,9-10H2,1H3,(H,19,21)(H,22,23). The molecule has 1 heterocycles. The summed E-state index contributed by atoms with van der Waals surface area (Å²) in [6, 6.07) is 12.8. The van der Waals surface area contributed by atoms with Gasteiger partial charge in [-0.25, -0.2) is 4.79 Å². The van der Waals surface area contributed by atoms with Crippen LogP contribution in [0.1, 0.15) is 16.1 Å². The van der Waals surface area contributed by atoms with Crippen LogP contribution < -0.4 is 10.6 Å². The number of nitrogens with one attached hydrogen (secondary N) is 2. The van der Waals surface area contributed by atoms with Crippen molar-refractivity contribution in [3.05, 3.63) is 58.3 Å². The number of carbonyl (C=O) groups excluding carboxylic acids is 1. The first-order valence-electron chi connectivity index (χ1n) is 7.10. The smallest absolute Gasteiger partial charge is 0.404 e. The lowest BCUT2D eigenvalue weighted by molar-refractivity contribution is 0.0926. The monoisotopic (exact) mass is 379 g/mol. The minimum atomic E-state index is -1.11. The lowest BCUT2D eigenvalue weighted by Crippen LogP contribution is -2.45. The zero-order chi connectivity index (χ0) is 16.8. The van der Waals surface area contributed by atoms with Gasteiger partial charge in [0.2, 0.25) is 0 Å². The largest absolute Gasteiger partial charge is 0.465 e. The van der Waals surface area contributed by atoms with Gasteiger partial charge in [-0.2, -0.15) is 0 Å². The van der Waals surface area contributed by atoms with Gasteiger partial charge in [-0.15, -0.1) is 0 Å². The number of carboxylic acid groups (broad SMARTS) is 1. The molecule has 3 N–H and O–H groups in total. The summed E-state index contributed by atoms with van der Waals surface area (Å²) in [4.78, 5) is 23.1. The van der Waals surface area contributed by atoms with Crippen LogP contribution in [-0.2, 0) is 13.5 Å². The summed E-state index contributed by atoms with van der Waals surface area (Å²) in [5, 5.41) is 14.0. The molecule has 0 aliphatic rings. The van der Waals surface area contributed by atoms with Crippen LogP contribution in [0.3, 0.4) is 0 Å². The van der Waals surface area contributed by atoms with Crippen LogP contribution in [0.25, 0.3) is 0 Å². The van der Waals surface area contributed by atoms with Gasteiger partial charge >= 0.3 is 6.09 Å². The normalized spacial score (nSPS) is 11.7. The molecule has 0 bridgehead atoms. The van der Waals surface area contributed by atoms with Crippen molar-refractivity contribution >= 4 is 27.9 Å². The molecule has 2 amide bonds. The zero-order valence-corrected chi connectivity index (χ0v) is 14.2. The molecule has 0 aliphatic heterocycles. The van der Waals surface area contributed by atoms with Gasteiger partial charge in [0.15, 0.2) is 0 Å². The second-order valence-corrected chi connectivity index (χ2v) is 5.96. The van der Waals surface area contributed by atoms with Crippen LogP contribution >= 0.6 is 15.9 Å². The van der Waals surface area contributed by atoms with Crippen LogP contribution in [0.4, 0.5) is 4.79 Å². The molecule has 0 radical (unpaired) electrons. The number of aromatic nitrogens is 1. The highest BCUT2D eigenvalue weighted by Gasteiger charge is 2.18. The topological polar surface area (TPSA) is 83.4 Å². The molecule has 0 saturated heterocycles. The Morgan fingerprint density at radius 1 is 1.22 bits per heavy atom. The van der Waals surface area contributed by atoms with E-state index in [0.29, 0.717) is 12.1 Å². The highest BCUT2D eigenvalue weighted by Crippen LogP contribution is 2.13. The summed E-state index contributed by atoms with van der Waals surface area (Å²) in [6.07, 6.45) is -0.572. The van der Waals surface area contributed by atoms with Gasteiger partial charge in [-0.05, 0) is 40.0 Å². The van der Waals surface area contributed by atoms with E-state index >= 15 is 0 Å². The molecule has 23 heavy (non-hydrogen) atoms. The van der Waals surface area contributed by atoms with E-state index in [1.54, 1.807) is 23.7 Å². The predicted molar refractivity (Wildman–Crippen MR) is 90.5 cm³/mol. The molecular formula is C16H18BrN3O3. The SMILES string of the molecule is Cn1c(Br)ccc1C(=O)NC(CNC(=O)O)Cc1ccccc1. The van der Waals surface area contributed by atoms with Crippen molar-refractivity contribution in [1.82, 2.24) is 15.2 Å². The summed E-state index contributed by atoms with van der Waals surface area (Å²) in [7, 11) is 1.78. The predicted octanol–water partition coefficient (Wildman–Crippen LogP) is 2.40. The number of hydrogen-bond donors (Lipinski definition) is 3. The summed E-state index contributed by atoms with van der Waals surface area (Å²) < 4.78 is 2.52. The van der Waals surface area contributed by atoms with E-state index in [1.807, 2.05) is 30.3 Å². The third kappa shape index (κ3) is 4.85. The van der Waals surface area contributed by atoms with Gasteiger partial charge in [-0.3, -0.25) is 4.79 Å². The molecule has 0 fully saturated rings. The molecule has 0 saturated carbocycles. The fraction of sp³-hybridized carbons (Fsp3) is 0.250. The second kappa shape index (κ2) is 7.82. The lowest BCUT2D eigenvalue weighted by atomic mass is 10.1. The fourth-order valence-electron chi connectivity index (χ4n) is 2.26. The van der Waals surface area contributed by atoms with Crippen molar-refractivity contribution in [3.8, 4) is 0 Å². The van der Waals surface area contributed by atoms with Crippen LogP contribution in [0, 0.1) is 0 Å². The summed E-state index contributed by atoms with van der Waals surface area (Å²) in [6.45, 7) is 0.140. The zero-order valence-electron chi connectivity index (χ0n) is 12.6. The number of rotatable bonds is 6. The van der Waals surface area contributed by atoms with Crippen molar-refractivity contribution in [2.45, 2.75) is 12.5 Å². The number of amides is 2. The van der Waals surface area contributed by atoms with Crippen LogP contribution in [0.2, 0.25) is 0 Å². The Labute approximate surface area is 142 Å². The van der Waals surface area contributed by atoms with E-state index in [4.69, 9.17) is 5.11 Å². The first kappa shape index (κ1) is 17.1. The fourth-order valence-corrected chi connectivity index (χ4v) is 2.58. The third-order valence-electron chi connectivity index (χ3n) is 3.45. The Morgan fingerprint density at radius 3 is 2.48 bits per heavy atom. The van der Waals surface area contributed by atoms with E-state index in [0.717, 1.165) is 10.2 Å². The van der Waals surface area contributed by atoms with Crippen molar-refractivity contribution in [2.75, 3.05) is 6.54 Å². The molecule has 2 aromatic rings. The van der Waals surface area contributed by atoms with Crippen molar-refractivity contribution < 1.29 is 14.7 Å². The number of benzene rings is 1. The van der Waals surface area contributed by atoms with Crippen LogP contribution in [0.15, 0.2) is 47.1 Å².